The van der Waals surface area contributed by atoms with Gasteiger partial charge in [0.05, 0.1) is 0 Å². The molecule has 0 aromatic heterocycles. The number of hydrogen-bond donors (Lipinski definition) is 2. The van der Waals surface area contributed by atoms with Crippen LogP contribution in [0.5, 0.6) is 0 Å². The summed E-state index contributed by atoms with van der Waals surface area (Å²) in [6.45, 7) is 15.6. The highest BCUT2D eigenvalue weighted by molar-refractivity contribution is 5.91. The zero-order valence-electron chi connectivity index (χ0n) is 21.7. The van der Waals surface area contributed by atoms with Crippen molar-refractivity contribution in [1.82, 2.24) is 15.5 Å². The van der Waals surface area contributed by atoms with Gasteiger partial charge >= 0.3 is 6.09 Å². The molecule has 3 amide bonds. The number of amides is 3. The molecule has 0 radical (unpaired) electrons. The molecule has 2 N–H and O–H groups in total. The lowest BCUT2D eigenvalue weighted by Crippen LogP contribution is -2.56. The first-order valence-corrected chi connectivity index (χ1v) is 12.0. The highest BCUT2D eigenvalue weighted by atomic mass is 16.6. The molecule has 1 rings (SSSR count). The fourth-order valence-corrected chi connectivity index (χ4v) is 3.39. The smallest absolute Gasteiger partial charge is 0.408 e. The van der Waals surface area contributed by atoms with E-state index >= 15 is 0 Å². The summed E-state index contributed by atoms with van der Waals surface area (Å²) in [4.78, 5) is 40.6. The maximum absolute atomic E-state index is 13.5. The standard InChI is InChI=1S/C26H43N3O4/c1-9-12-17-27-23(31)22(20-15-13-19(10-2)14-16-20)29(26(7,8)11-3)21(30)18-28-24(32)33-25(4,5)6/h13-16,22H,9-12,17-18H2,1-8H3,(H,27,31)(H,28,32). The summed E-state index contributed by atoms with van der Waals surface area (Å²) in [6.07, 6.45) is 2.67. The van der Waals surface area contributed by atoms with Crippen LogP contribution >= 0.6 is 0 Å². The third-order valence-electron chi connectivity index (χ3n) is 5.61. The number of benzene rings is 1. The van der Waals surface area contributed by atoms with E-state index in [4.69, 9.17) is 4.74 Å². The Morgan fingerprint density at radius 2 is 1.58 bits per heavy atom. The van der Waals surface area contributed by atoms with Gasteiger partial charge < -0.3 is 20.3 Å². The average molecular weight is 462 g/mol. The van der Waals surface area contributed by atoms with Gasteiger partial charge in [0.2, 0.25) is 11.8 Å². The van der Waals surface area contributed by atoms with E-state index in [1.165, 1.54) is 0 Å². The number of carbonyl (C=O) groups is 3. The van der Waals surface area contributed by atoms with Crippen LogP contribution in [0.25, 0.3) is 0 Å². The number of aryl methyl sites for hydroxylation is 1. The van der Waals surface area contributed by atoms with Gasteiger partial charge in [-0.2, -0.15) is 0 Å². The Hall–Kier alpha value is -2.57. The van der Waals surface area contributed by atoms with Crippen molar-refractivity contribution >= 4 is 17.9 Å². The van der Waals surface area contributed by atoms with Crippen molar-refractivity contribution in [2.75, 3.05) is 13.1 Å². The molecule has 0 spiro atoms. The van der Waals surface area contributed by atoms with Crippen LogP contribution in [0.1, 0.15) is 91.8 Å². The minimum absolute atomic E-state index is 0.222. The molecule has 7 heteroatoms. The number of nitrogens with one attached hydrogen (secondary N) is 2. The molecule has 1 aromatic rings. The Morgan fingerprint density at radius 3 is 2.06 bits per heavy atom. The highest BCUT2D eigenvalue weighted by Crippen LogP contribution is 2.31. The zero-order valence-corrected chi connectivity index (χ0v) is 21.7. The van der Waals surface area contributed by atoms with E-state index in [0.29, 0.717) is 13.0 Å². The van der Waals surface area contributed by atoms with Crippen molar-refractivity contribution in [2.24, 2.45) is 0 Å². The van der Waals surface area contributed by atoms with E-state index in [-0.39, 0.29) is 18.4 Å². The molecule has 1 aromatic carbocycles. The van der Waals surface area contributed by atoms with Gasteiger partial charge in [-0.05, 0) is 65.0 Å². The van der Waals surface area contributed by atoms with E-state index < -0.39 is 23.3 Å². The normalized spacial score (nSPS) is 12.6. The lowest BCUT2D eigenvalue weighted by atomic mass is 9.92. The van der Waals surface area contributed by atoms with Crippen molar-refractivity contribution < 1.29 is 19.1 Å². The summed E-state index contributed by atoms with van der Waals surface area (Å²) in [7, 11) is 0. The number of hydrogen-bond acceptors (Lipinski definition) is 4. The molecule has 1 unspecified atom stereocenters. The van der Waals surface area contributed by atoms with Crippen molar-refractivity contribution in [2.45, 2.75) is 98.3 Å². The fourth-order valence-electron chi connectivity index (χ4n) is 3.39. The van der Waals surface area contributed by atoms with Gasteiger partial charge in [0.15, 0.2) is 0 Å². The second-order valence-electron chi connectivity index (χ2n) is 9.93. The second kappa shape index (κ2) is 12.6. The molecule has 0 bridgehead atoms. The van der Waals surface area contributed by atoms with Gasteiger partial charge in [-0.15, -0.1) is 0 Å². The lowest BCUT2D eigenvalue weighted by Gasteiger charge is -2.43. The predicted molar refractivity (Wildman–Crippen MR) is 132 cm³/mol. The second-order valence-corrected chi connectivity index (χ2v) is 9.93. The van der Waals surface area contributed by atoms with Gasteiger partial charge in [-0.3, -0.25) is 9.59 Å². The van der Waals surface area contributed by atoms with Crippen LogP contribution in [-0.4, -0.2) is 47.0 Å². The molecule has 0 aliphatic rings. The van der Waals surface area contributed by atoms with Crippen molar-refractivity contribution in [3.05, 3.63) is 35.4 Å². The summed E-state index contributed by atoms with van der Waals surface area (Å²) in [5.74, 6) is -0.567. The van der Waals surface area contributed by atoms with Crippen LogP contribution < -0.4 is 10.6 Å². The van der Waals surface area contributed by atoms with E-state index in [2.05, 4.69) is 24.5 Å². The Labute approximate surface area is 199 Å². The molecule has 1 atom stereocenters. The quantitative estimate of drug-likeness (QED) is 0.466. The Morgan fingerprint density at radius 1 is 0.970 bits per heavy atom. The minimum atomic E-state index is -0.810. The summed E-state index contributed by atoms with van der Waals surface area (Å²) in [6, 6.07) is 6.99. The first-order valence-electron chi connectivity index (χ1n) is 12.0. The van der Waals surface area contributed by atoms with Gasteiger partial charge in [0.25, 0.3) is 0 Å². The number of rotatable bonds is 11. The van der Waals surface area contributed by atoms with Crippen LogP contribution in [0, 0.1) is 0 Å². The van der Waals surface area contributed by atoms with E-state index in [0.717, 1.165) is 30.4 Å². The molecule has 0 aliphatic carbocycles. The van der Waals surface area contributed by atoms with Crippen LogP contribution in [-0.2, 0) is 20.7 Å². The topological polar surface area (TPSA) is 87.7 Å². The summed E-state index contributed by atoms with van der Waals surface area (Å²) < 4.78 is 5.26. The van der Waals surface area contributed by atoms with Crippen molar-refractivity contribution in [3.63, 3.8) is 0 Å². The number of carbonyl (C=O) groups excluding carboxylic acids is 3. The molecule has 33 heavy (non-hydrogen) atoms. The summed E-state index contributed by atoms with van der Waals surface area (Å²) in [5, 5.41) is 5.54. The van der Waals surface area contributed by atoms with Gasteiger partial charge in [0, 0.05) is 12.1 Å². The highest BCUT2D eigenvalue weighted by Gasteiger charge is 2.40. The number of unbranched alkanes of at least 4 members (excludes halogenated alkanes) is 1. The fraction of sp³-hybridized carbons (Fsp3) is 0.654. The van der Waals surface area contributed by atoms with Gasteiger partial charge in [-0.1, -0.05) is 51.5 Å². The zero-order chi connectivity index (χ0) is 25.2. The van der Waals surface area contributed by atoms with E-state index in [1.807, 2.05) is 45.0 Å². The van der Waals surface area contributed by atoms with Crippen molar-refractivity contribution in [3.8, 4) is 0 Å². The lowest BCUT2D eigenvalue weighted by molar-refractivity contribution is -0.146. The van der Waals surface area contributed by atoms with Crippen LogP contribution in [0.15, 0.2) is 24.3 Å². The van der Waals surface area contributed by atoms with Gasteiger partial charge in [-0.25, -0.2) is 4.79 Å². The number of ether oxygens (including phenoxy) is 1. The Bertz CT molecular complexity index is 782. The van der Waals surface area contributed by atoms with Crippen LogP contribution in [0.2, 0.25) is 0 Å². The van der Waals surface area contributed by atoms with Crippen LogP contribution in [0.3, 0.4) is 0 Å². The Balaban J connectivity index is 3.30. The first kappa shape index (κ1) is 28.5. The summed E-state index contributed by atoms with van der Waals surface area (Å²) in [5.41, 5.74) is 0.609. The molecule has 0 aliphatic heterocycles. The number of alkyl carbamates (subject to hydrolysis) is 1. The van der Waals surface area contributed by atoms with Crippen LogP contribution in [0.4, 0.5) is 4.79 Å². The molecule has 186 valence electrons. The molecule has 0 fully saturated rings. The molecule has 0 saturated carbocycles. The summed E-state index contributed by atoms with van der Waals surface area (Å²) >= 11 is 0. The maximum Gasteiger partial charge on any atom is 0.408 e. The predicted octanol–water partition coefficient (Wildman–Crippen LogP) is 4.75. The first-order chi connectivity index (χ1) is 15.4. The SMILES string of the molecule is CCCCNC(=O)C(c1ccc(CC)cc1)N(C(=O)CNC(=O)OC(C)(C)C)C(C)(C)CC. The largest absolute Gasteiger partial charge is 0.444 e. The Kier molecular flexibility index (Phi) is 10.9. The monoisotopic (exact) mass is 461 g/mol. The molecular formula is C26H43N3O4. The molecule has 7 nitrogen and oxygen atoms in total. The molecule has 0 saturated heterocycles. The molecule has 0 heterocycles. The van der Waals surface area contributed by atoms with E-state index in [9.17, 15) is 14.4 Å². The maximum atomic E-state index is 13.5. The minimum Gasteiger partial charge on any atom is -0.444 e. The van der Waals surface area contributed by atoms with Gasteiger partial charge in [0.1, 0.15) is 18.2 Å². The third kappa shape index (κ3) is 9.06. The van der Waals surface area contributed by atoms with Crippen molar-refractivity contribution in [1.29, 1.82) is 0 Å². The third-order valence-corrected chi connectivity index (χ3v) is 5.61. The average Bonchev–Trinajstić information content (AvgIpc) is 2.74. The number of nitrogens with zero attached hydrogens (tertiary/aromatic N) is 1. The van der Waals surface area contributed by atoms with E-state index in [1.54, 1.807) is 25.7 Å². The molecular weight excluding hydrogens is 418 g/mol.